The Morgan fingerprint density at radius 2 is 2.00 bits per heavy atom. The summed E-state index contributed by atoms with van der Waals surface area (Å²) < 4.78 is 4.81. The van der Waals surface area contributed by atoms with E-state index in [-0.39, 0.29) is 11.4 Å². The summed E-state index contributed by atoms with van der Waals surface area (Å²) in [5, 5.41) is 0. The van der Waals surface area contributed by atoms with Gasteiger partial charge >= 0.3 is 5.97 Å². The maximum atomic E-state index is 11.6. The number of carbonyl (C=O) groups excluding carboxylic acids is 1. The summed E-state index contributed by atoms with van der Waals surface area (Å²) in [6.07, 6.45) is 3.62. The summed E-state index contributed by atoms with van der Waals surface area (Å²) in [5.41, 5.74) is 1.23. The third-order valence-electron chi connectivity index (χ3n) is 5.66. The van der Waals surface area contributed by atoms with E-state index in [2.05, 4.69) is 27.4 Å². The van der Waals surface area contributed by atoms with Gasteiger partial charge in [0.2, 0.25) is 0 Å². The van der Waals surface area contributed by atoms with Gasteiger partial charge in [-0.25, -0.2) is 4.79 Å². The number of ether oxygens (including phenoxy) is 1. The molecular formula is C14H22O2. The smallest absolute Gasteiger partial charge is 0.333 e. The zero-order chi connectivity index (χ0) is 12.1. The van der Waals surface area contributed by atoms with Crippen LogP contribution in [0.5, 0.6) is 0 Å². The standard InChI is InChI=1S/C14H22O2/c1-9(12(15)16-5)11-8-10-6-7-14(11,4)13(10,2)3/h10-11H,1,6-8H2,2-5H3/t10-,11?,14-/m1/s1. The van der Waals surface area contributed by atoms with Crippen LogP contribution in [0.4, 0.5) is 0 Å². The van der Waals surface area contributed by atoms with Gasteiger partial charge in [0.15, 0.2) is 0 Å². The summed E-state index contributed by atoms with van der Waals surface area (Å²) in [6, 6.07) is 0. The lowest BCUT2D eigenvalue weighted by molar-refractivity contribution is -0.137. The van der Waals surface area contributed by atoms with Gasteiger partial charge in [-0.3, -0.25) is 0 Å². The Hall–Kier alpha value is -0.790. The lowest BCUT2D eigenvalue weighted by Crippen LogP contribution is -2.34. The van der Waals surface area contributed by atoms with Crippen LogP contribution in [0.2, 0.25) is 0 Å². The van der Waals surface area contributed by atoms with Crippen LogP contribution < -0.4 is 0 Å². The third-order valence-corrected chi connectivity index (χ3v) is 5.66. The Morgan fingerprint density at radius 3 is 2.38 bits per heavy atom. The van der Waals surface area contributed by atoms with Crippen molar-refractivity contribution in [3.05, 3.63) is 12.2 Å². The molecule has 0 saturated heterocycles. The molecular weight excluding hydrogens is 200 g/mol. The Kier molecular flexibility index (Phi) is 2.45. The predicted molar refractivity (Wildman–Crippen MR) is 63.9 cm³/mol. The van der Waals surface area contributed by atoms with Crippen molar-refractivity contribution < 1.29 is 9.53 Å². The SMILES string of the molecule is C=C(C(=O)OC)C1C[C@H]2CC[C@@]1(C)C2(C)C. The van der Waals surface area contributed by atoms with Gasteiger partial charge in [-0.2, -0.15) is 0 Å². The van der Waals surface area contributed by atoms with Gasteiger partial charge in [0.05, 0.1) is 7.11 Å². The summed E-state index contributed by atoms with van der Waals surface area (Å²) in [6.45, 7) is 11.0. The quantitative estimate of drug-likeness (QED) is 0.530. The lowest BCUT2D eigenvalue weighted by atomic mass is 9.65. The van der Waals surface area contributed by atoms with Crippen LogP contribution >= 0.6 is 0 Å². The van der Waals surface area contributed by atoms with Crippen molar-refractivity contribution >= 4 is 5.97 Å². The Bertz CT molecular complexity index is 343. The highest BCUT2D eigenvalue weighted by molar-refractivity contribution is 5.88. The Balaban J connectivity index is 2.28. The number of fused-ring (bicyclic) bond motifs is 2. The molecule has 0 radical (unpaired) electrons. The molecule has 2 rings (SSSR count). The van der Waals surface area contributed by atoms with Crippen LogP contribution in [0.15, 0.2) is 12.2 Å². The van der Waals surface area contributed by atoms with Gasteiger partial charge in [0, 0.05) is 5.57 Å². The molecule has 90 valence electrons. The van der Waals surface area contributed by atoms with E-state index in [9.17, 15) is 4.79 Å². The van der Waals surface area contributed by atoms with Crippen molar-refractivity contribution in [2.24, 2.45) is 22.7 Å². The molecule has 0 amide bonds. The van der Waals surface area contributed by atoms with Crippen LogP contribution in [0.3, 0.4) is 0 Å². The Morgan fingerprint density at radius 1 is 1.38 bits per heavy atom. The first-order valence-electron chi connectivity index (χ1n) is 6.11. The molecule has 16 heavy (non-hydrogen) atoms. The number of rotatable bonds is 2. The fourth-order valence-corrected chi connectivity index (χ4v) is 4.00. The second-order valence-electron chi connectivity index (χ2n) is 6.18. The second kappa shape index (κ2) is 3.35. The fourth-order valence-electron chi connectivity index (χ4n) is 4.00. The molecule has 2 heteroatoms. The zero-order valence-corrected chi connectivity index (χ0v) is 10.8. The number of esters is 1. The molecule has 0 spiro atoms. The van der Waals surface area contributed by atoms with E-state index in [1.54, 1.807) is 0 Å². The molecule has 2 bridgehead atoms. The number of hydrogen-bond donors (Lipinski definition) is 0. The summed E-state index contributed by atoms with van der Waals surface area (Å²) in [7, 11) is 1.44. The number of hydrogen-bond acceptors (Lipinski definition) is 2. The van der Waals surface area contributed by atoms with Gasteiger partial charge in [0.25, 0.3) is 0 Å². The highest BCUT2D eigenvalue weighted by atomic mass is 16.5. The lowest BCUT2D eigenvalue weighted by Gasteiger charge is -2.39. The van der Waals surface area contributed by atoms with Crippen LogP contribution in [-0.4, -0.2) is 13.1 Å². The van der Waals surface area contributed by atoms with E-state index in [0.717, 1.165) is 12.3 Å². The van der Waals surface area contributed by atoms with Crippen molar-refractivity contribution in [3.8, 4) is 0 Å². The molecule has 2 aliphatic rings. The van der Waals surface area contributed by atoms with Crippen molar-refractivity contribution in [1.29, 1.82) is 0 Å². The molecule has 0 aromatic carbocycles. The van der Waals surface area contributed by atoms with Crippen LogP contribution in [0.25, 0.3) is 0 Å². The molecule has 0 aromatic heterocycles. The van der Waals surface area contributed by atoms with Crippen molar-refractivity contribution in [2.45, 2.75) is 40.0 Å². The number of carbonyl (C=O) groups is 1. The molecule has 2 nitrogen and oxygen atoms in total. The van der Waals surface area contributed by atoms with Crippen LogP contribution in [0, 0.1) is 22.7 Å². The first-order chi connectivity index (χ1) is 7.34. The molecule has 1 unspecified atom stereocenters. The molecule has 0 N–H and O–H groups in total. The van der Waals surface area contributed by atoms with E-state index >= 15 is 0 Å². The molecule has 2 saturated carbocycles. The molecule has 3 atom stereocenters. The van der Waals surface area contributed by atoms with Gasteiger partial charge in [-0.15, -0.1) is 0 Å². The van der Waals surface area contributed by atoms with Crippen LogP contribution in [-0.2, 0) is 9.53 Å². The highest BCUT2D eigenvalue weighted by Gasteiger charge is 2.62. The summed E-state index contributed by atoms with van der Waals surface area (Å²) in [5.74, 6) is 0.826. The Labute approximate surface area is 98.1 Å². The minimum absolute atomic E-state index is 0.225. The minimum Gasteiger partial charge on any atom is -0.466 e. The monoisotopic (exact) mass is 222 g/mol. The molecule has 2 fully saturated rings. The van der Waals surface area contributed by atoms with Crippen LogP contribution in [0.1, 0.15) is 40.0 Å². The largest absolute Gasteiger partial charge is 0.466 e. The van der Waals surface area contributed by atoms with Gasteiger partial charge in [0.1, 0.15) is 0 Å². The van der Waals surface area contributed by atoms with E-state index in [4.69, 9.17) is 4.74 Å². The first kappa shape index (κ1) is 11.7. The minimum atomic E-state index is -0.227. The molecule has 0 aromatic rings. The zero-order valence-electron chi connectivity index (χ0n) is 10.8. The summed E-state index contributed by atoms with van der Waals surface area (Å²) in [4.78, 5) is 11.6. The molecule has 0 heterocycles. The van der Waals surface area contributed by atoms with E-state index < -0.39 is 0 Å². The average molecular weight is 222 g/mol. The van der Waals surface area contributed by atoms with Crippen molar-refractivity contribution in [1.82, 2.24) is 0 Å². The van der Waals surface area contributed by atoms with Gasteiger partial charge < -0.3 is 4.74 Å². The first-order valence-corrected chi connectivity index (χ1v) is 6.11. The fraction of sp³-hybridized carbons (Fsp3) is 0.786. The average Bonchev–Trinajstić information content (AvgIpc) is 2.58. The van der Waals surface area contributed by atoms with E-state index in [0.29, 0.717) is 16.9 Å². The topological polar surface area (TPSA) is 26.3 Å². The highest BCUT2D eigenvalue weighted by Crippen LogP contribution is 2.69. The normalized spacial score (nSPS) is 39.8. The number of methoxy groups -OCH3 is 1. The maximum Gasteiger partial charge on any atom is 0.333 e. The van der Waals surface area contributed by atoms with E-state index in [1.807, 2.05) is 0 Å². The maximum absolute atomic E-state index is 11.6. The summed E-state index contributed by atoms with van der Waals surface area (Å²) >= 11 is 0. The van der Waals surface area contributed by atoms with Gasteiger partial charge in [-0.05, 0) is 41.9 Å². The van der Waals surface area contributed by atoms with Crippen molar-refractivity contribution in [3.63, 3.8) is 0 Å². The molecule has 2 aliphatic carbocycles. The van der Waals surface area contributed by atoms with Crippen molar-refractivity contribution in [2.75, 3.05) is 7.11 Å². The predicted octanol–water partition coefficient (Wildman–Crippen LogP) is 3.18. The van der Waals surface area contributed by atoms with E-state index in [1.165, 1.54) is 20.0 Å². The third kappa shape index (κ3) is 1.22. The molecule has 0 aliphatic heterocycles. The second-order valence-corrected chi connectivity index (χ2v) is 6.18. The van der Waals surface area contributed by atoms with Gasteiger partial charge in [-0.1, -0.05) is 27.4 Å².